The fraction of sp³-hybridized carbons (Fsp3) is 0.571. The molecule has 3 aliphatic rings. The first-order chi connectivity index (χ1) is 19.8. The minimum absolute atomic E-state index is 0.0127. The van der Waals surface area contributed by atoms with Gasteiger partial charge in [0, 0.05) is 11.8 Å². The first-order valence-electron chi connectivity index (χ1n) is 13.2. The largest absolute Gasteiger partial charge is 0.502 e. The Morgan fingerprint density at radius 3 is 1.66 bits per heavy atom. The van der Waals surface area contributed by atoms with E-state index in [1.165, 1.54) is 28.4 Å². The number of phenols is 1. The summed E-state index contributed by atoms with van der Waals surface area (Å²) in [4.78, 5) is 10.9. The van der Waals surface area contributed by atoms with E-state index in [9.17, 15) is 20.4 Å². The SMILES string of the molecule is COc1cc(C2OC[C@@H]3C(c4cc(OC)c(OOC5COC(CO)C(O)C5O)c(OC)c4)OC[C@H]23)cc(OC)c1O. The van der Waals surface area contributed by atoms with Crippen LogP contribution in [0.5, 0.6) is 34.5 Å². The number of benzene rings is 2. The first kappa shape index (κ1) is 29.5. The van der Waals surface area contributed by atoms with Gasteiger partial charge in [-0.3, -0.25) is 0 Å². The van der Waals surface area contributed by atoms with Gasteiger partial charge >= 0.3 is 0 Å². The minimum Gasteiger partial charge on any atom is -0.502 e. The van der Waals surface area contributed by atoms with E-state index in [2.05, 4.69) is 0 Å². The zero-order valence-corrected chi connectivity index (χ0v) is 23.2. The van der Waals surface area contributed by atoms with E-state index < -0.39 is 31.0 Å². The second-order valence-electron chi connectivity index (χ2n) is 10.1. The van der Waals surface area contributed by atoms with Gasteiger partial charge in [0.1, 0.15) is 18.3 Å². The van der Waals surface area contributed by atoms with Gasteiger partial charge in [0.2, 0.25) is 11.5 Å². The van der Waals surface area contributed by atoms with Gasteiger partial charge in [-0.25, -0.2) is 0 Å². The van der Waals surface area contributed by atoms with E-state index in [0.717, 1.165) is 11.1 Å². The summed E-state index contributed by atoms with van der Waals surface area (Å²) in [7, 11) is 5.90. The summed E-state index contributed by atoms with van der Waals surface area (Å²) in [5.41, 5.74) is 1.60. The predicted octanol–water partition coefficient (Wildman–Crippen LogP) is 1.29. The number of hydrogen-bond donors (Lipinski definition) is 4. The Labute approximate surface area is 236 Å². The zero-order chi connectivity index (χ0) is 29.3. The fourth-order valence-corrected chi connectivity index (χ4v) is 5.67. The summed E-state index contributed by atoms with van der Waals surface area (Å²) in [6.07, 6.45) is -5.25. The maximum atomic E-state index is 10.4. The molecule has 8 atom stereocenters. The van der Waals surface area contributed by atoms with Crippen molar-refractivity contribution >= 4 is 0 Å². The minimum atomic E-state index is -1.35. The zero-order valence-electron chi connectivity index (χ0n) is 23.2. The van der Waals surface area contributed by atoms with Crippen molar-refractivity contribution in [2.24, 2.45) is 11.8 Å². The number of aliphatic hydroxyl groups excluding tert-OH is 3. The number of hydrogen-bond acceptors (Lipinski definition) is 13. The van der Waals surface area contributed by atoms with Gasteiger partial charge in [-0.05, 0) is 35.4 Å². The molecule has 2 aromatic rings. The standard InChI is InChI=1S/C28H36O13/c1-33-17-5-13(6-18(34-2)23(17)30)26-15-10-39-27(16(15)11-38-26)14-7-19(35-3)28(20(8-14)36-4)41-40-22-12-37-21(9-29)24(31)25(22)32/h5-8,15-16,21-22,24-27,29-32H,9-12H2,1-4H3/t15-,16-,21?,22?,24?,25?,26?,27?/m0/s1. The highest BCUT2D eigenvalue weighted by Crippen LogP contribution is 2.53. The molecule has 13 nitrogen and oxygen atoms in total. The molecular formula is C28H36O13. The molecule has 3 saturated heterocycles. The molecule has 0 aromatic heterocycles. The van der Waals surface area contributed by atoms with E-state index in [1.807, 2.05) is 0 Å². The molecule has 5 rings (SSSR count). The highest BCUT2D eigenvalue weighted by molar-refractivity contribution is 5.55. The molecule has 3 fully saturated rings. The lowest BCUT2D eigenvalue weighted by atomic mass is 9.84. The van der Waals surface area contributed by atoms with Gasteiger partial charge in [-0.15, -0.1) is 0 Å². The summed E-state index contributed by atoms with van der Waals surface area (Å²) < 4.78 is 39.6. The fourth-order valence-electron chi connectivity index (χ4n) is 5.67. The van der Waals surface area contributed by atoms with Crippen molar-refractivity contribution < 1.29 is 63.4 Å². The number of aliphatic hydroxyl groups is 3. The van der Waals surface area contributed by atoms with Gasteiger partial charge < -0.3 is 58.5 Å². The Hall–Kier alpha value is -3.04. The average molecular weight is 581 g/mol. The first-order valence-corrected chi connectivity index (χ1v) is 13.2. The Balaban J connectivity index is 1.34. The maximum absolute atomic E-state index is 10.4. The van der Waals surface area contributed by atoms with Crippen molar-refractivity contribution in [1.29, 1.82) is 0 Å². The molecule has 226 valence electrons. The Morgan fingerprint density at radius 2 is 1.20 bits per heavy atom. The number of aromatic hydroxyl groups is 1. The lowest BCUT2D eigenvalue weighted by Gasteiger charge is -2.35. The Kier molecular flexibility index (Phi) is 8.94. The molecule has 0 spiro atoms. The second-order valence-corrected chi connectivity index (χ2v) is 10.1. The van der Waals surface area contributed by atoms with Gasteiger partial charge in [0.25, 0.3) is 0 Å². The number of rotatable bonds is 10. The lowest BCUT2D eigenvalue weighted by Crippen LogP contribution is -2.55. The van der Waals surface area contributed by atoms with Crippen LogP contribution in [-0.2, 0) is 19.1 Å². The van der Waals surface area contributed by atoms with Crippen molar-refractivity contribution in [1.82, 2.24) is 0 Å². The third-order valence-corrected chi connectivity index (χ3v) is 7.93. The molecule has 0 saturated carbocycles. The quantitative estimate of drug-likeness (QED) is 0.235. The van der Waals surface area contributed by atoms with Crippen LogP contribution in [-0.4, -0.2) is 99.7 Å². The molecule has 4 N–H and O–H groups in total. The molecule has 3 aliphatic heterocycles. The van der Waals surface area contributed by atoms with Gasteiger partial charge in [-0.2, -0.15) is 4.89 Å². The van der Waals surface area contributed by atoms with E-state index in [0.29, 0.717) is 36.2 Å². The summed E-state index contributed by atoms with van der Waals surface area (Å²) in [5, 5.41) is 40.1. The topological polar surface area (TPSA) is 164 Å². The third-order valence-electron chi connectivity index (χ3n) is 7.93. The van der Waals surface area contributed by atoms with Crippen LogP contribution in [0, 0.1) is 11.8 Å². The molecule has 2 aromatic carbocycles. The summed E-state index contributed by atoms with van der Waals surface area (Å²) >= 11 is 0. The Morgan fingerprint density at radius 1 is 0.707 bits per heavy atom. The normalized spacial score (nSPS) is 31.0. The molecule has 0 radical (unpaired) electrons. The van der Waals surface area contributed by atoms with Gasteiger partial charge in [0.05, 0.1) is 67.1 Å². The highest BCUT2D eigenvalue weighted by Gasteiger charge is 2.49. The number of fused-ring (bicyclic) bond motifs is 1. The molecule has 0 aliphatic carbocycles. The molecule has 13 heteroatoms. The lowest BCUT2D eigenvalue weighted by molar-refractivity contribution is -0.311. The van der Waals surface area contributed by atoms with Crippen molar-refractivity contribution in [2.75, 3.05) is 54.9 Å². The number of methoxy groups -OCH3 is 4. The van der Waals surface area contributed by atoms with E-state index >= 15 is 0 Å². The van der Waals surface area contributed by atoms with Crippen molar-refractivity contribution in [3.8, 4) is 34.5 Å². The molecular weight excluding hydrogens is 544 g/mol. The molecule has 6 unspecified atom stereocenters. The molecule has 41 heavy (non-hydrogen) atoms. The van der Waals surface area contributed by atoms with Gasteiger partial charge in [-0.1, -0.05) is 0 Å². The van der Waals surface area contributed by atoms with Crippen molar-refractivity contribution in [3.63, 3.8) is 0 Å². The average Bonchev–Trinajstić information content (AvgIpc) is 3.60. The van der Waals surface area contributed by atoms with Crippen LogP contribution in [0.1, 0.15) is 23.3 Å². The summed E-state index contributed by atoms with van der Waals surface area (Å²) in [6.45, 7) is 0.330. The second kappa shape index (κ2) is 12.4. The number of ether oxygens (including phenoxy) is 7. The molecule has 0 bridgehead atoms. The summed E-state index contributed by atoms with van der Waals surface area (Å²) in [6, 6.07) is 7.01. The van der Waals surface area contributed by atoms with E-state index in [1.54, 1.807) is 24.3 Å². The van der Waals surface area contributed by atoms with Crippen molar-refractivity contribution in [3.05, 3.63) is 35.4 Å². The van der Waals surface area contributed by atoms with E-state index in [4.69, 9.17) is 42.9 Å². The van der Waals surface area contributed by atoms with E-state index in [-0.39, 0.29) is 42.1 Å². The van der Waals surface area contributed by atoms with Crippen LogP contribution in [0.15, 0.2) is 24.3 Å². The van der Waals surface area contributed by atoms with Crippen LogP contribution in [0.25, 0.3) is 0 Å². The third kappa shape index (κ3) is 5.46. The van der Waals surface area contributed by atoms with Crippen molar-refractivity contribution in [2.45, 2.75) is 36.6 Å². The summed E-state index contributed by atoms with van der Waals surface area (Å²) in [5.74, 6) is 1.28. The van der Waals surface area contributed by atoms with Crippen LogP contribution in [0.3, 0.4) is 0 Å². The highest BCUT2D eigenvalue weighted by atomic mass is 17.2. The van der Waals surface area contributed by atoms with Crippen LogP contribution in [0.2, 0.25) is 0 Å². The molecule has 0 amide bonds. The monoisotopic (exact) mass is 580 g/mol. The van der Waals surface area contributed by atoms with Gasteiger partial charge in [0.15, 0.2) is 29.1 Å². The smallest absolute Gasteiger partial charge is 0.248 e. The maximum Gasteiger partial charge on any atom is 0.248 e. The predicted molar refractivity (Wildman–Crippen MR) is 139 cm³/mol. The van der Waals surface area contributed by atoms with Crippen LogP contribution in [0.4, 0.5) is 0 Å². The van der Waals surface area contributed by atoms with Crippen LogP contribution < -0.4 is 23.8 Å². The van der Waals surface area contributed by atoms with Crippen LogP contribution >= 0.6 is 0 Å². The molecule has 3 heterocycles. The number of phenolic OH excluding ortho intramolecular Hbond substituents is 1. The Bertz CT molecular complexity index is 1160.